The van der Waals surface area contributed by atoms with E-state index in [2.05, 4.69) is 25.6 Å². The molecule has 0 saturated heterocycles. The number of rotatable bonds is 7. The zero-order valence-corrected chi connectivity index (χ0v) is 11.1. The van der Waals surface area contributed by atoms with Crippen molar-refractivity contribution in [3.05, 3.63) is 30.1 Å². The highest BCUT2D eigenvalue weighted by molar-refractivity contribution is 5.83. The van der Waals surface area contributed by atoms with Gasteiger partial charge in [-0.15, -0.1) is 5.10 Å². The predicted molar refractivity (Wildman–Crippen MR) is 69.8 cm³/mol. The molecule has 0 aliphatic heterocycles. The van der Waals surface area contributed by atoms with Gasteiger partial charge in [0.25, 0.3) is 0 Å². The molecule has 10 nitrogen and oxygen atoms in total. The van der Waals surface area contributed by atoms with E-state index in [1.165, 1.54) is 23.4 Å². The Morgan fingerprint density at radius 1 is 1.52 bits per heavy atom. The lowest BCUT2D eigenvalue weighted by atomic mass is 10.1. The number of imidazole rings is 1. The smallest absolute Gasteiger partial charge is 0.326 e. The fraction of sp³-hybridized carbons (Fsp3) is 0.364. The third kappa shape index (κ3) is 4.11. The summed E-state index contributed by atoms with van der Waals surface area (Å²) in [5, 5.41) is 19.0. The summed E-state index contributed by atoms with van der Waals surface area (Å²) in [7, 11) is 0. The molecule has 0 aliphatic rings. The molecular weight excluding hydrogens is 278 g/mol. The molecule has 10 heteroatoms. The minimum absolute atomic E-state index is 0.118. The van der Waals surface area contributed by atoms with Crippen LogP contribution in [0.3, 0.4) is 0 Å². The van der Waals surface area contributed by atoms with Crippen molar-refractivity contribution >= 4 is 11.9 Å². The molecule has 0 saturated carbocycles. The second-order valence-corrected chi connectivity index (χ2v) is 4.35. The van der Waals surface area contributed by atoms with E-state index >= 15 is 0 Å². The van der Waals surface area contributed by atoms with Gasteiger partial charge in [0.05, 0.1) is 18.2 Å². The normalized spacial score (nSPS) is 12.0. The van der Waals surface area contributed by atoms with Crippen LogP contribution in [0.5, 0.6) is 0 Å². The van der Waals surface area contributed by atoms with E-state index in [-0.39, 0.29) is 19.5 Å². The molecule has 1 atom stereocenters. The number of aromatic nitrogens is 5. The van der Waals surface area contributed by atoms with Crippen LogP contribution in [0.4, 0.5) is 0 Å². The van der Waals surface area contributed by atoms with Crippen LogP contribution in [0.1, 0.15) is 11.4 Å². The maximum Gasteiger partial charge on any atom is 0.326 e. The van der Waals surface area contributed by atoms with Crippen LogP contribution in [-0.2, 0) is 29.1 Å². The van der Waals surface area contributed by atoms with Gasteiger partial charge in [0, 0.05) is 24.9 Å². The van der Waals surface area contributed by atoms with Crippen molar-refractivity contribution < 1.29 is 14.7 Å². The summed E-state index contributed by atoms with van der Waals surface area (Å²) in [6.45, 7) is 0.0962. The van der Waals surface area contributed by atoms with Crippen molar-refractivity contribution in [3.8, 4) is 0 Å². The zero-order valence-electron chi connectivity index (χ0n) is 11.1. The number of nitrogens with one attached hydrogen (secondary N) is 2. The van der Waals surface area contributed by atoms with E-state index in [0.717, 1.165) is 0 Å². The molecule has 2 aromatic rings. The van der Waals surface area contributed by atoms with Crippen LogP contribution in [0.15, 0.2) is 18.7 Å². The van der Waals surface area contributed by atoms with E-state index in [4.69, 9.17) is 10.8 Å². The highest BCUT2D eigenvalue weighted by Gasteiger charge is 2.21. The Kier molecular flexibility index (Phi) is 4.61. The van der Waals surface area contributed by atoms with Crippen LogP contribution in [-0.4, -0.2) is 48.0 Å². The van der Waals surface area contributed by atoms with Gasteiger partial charge in [0.15, 0.2) is 0 Å². The molecule has 2 heterocycles. The van der Waals surface area contributed by atoms with Gasteiger partial charge in [0.1, 0.15) is 12.6 Å². The van der Waals surface area contributed by atoms with Gasteiger partial charge in [-0.3, -0.25) is 4.79 Å². The van der Waals surface area contributed by atoms with Crippen molar-refractivity contribution in [1.29, 1.82) is 0 Å². The van der Waals surface area contributed by atoms with Crippen LogP contribution in [0.2, 0.25) is 0 Å². The van der Waals surface area contributed by atoms with E-state index < -0.39 is 17.9 Å². The number of hydrogen-bond donors (Lipinski definition) is 4. The first kappa shape index (κ1) is 14.7. The quantitative estimate of drug-likeness (QED) is 0.473. The summed E-state index contributed by atoms with van der Waals surface area (Å²) >= 11 is 0. The first-order chi connectivity index (χ1) is 10.1. The summed E-state index contributed by atoms with van der Waals surface area (Å²) in [6, 6.07) is -1.05. The fourth-order valence-electron chi connectivity index (χ4n) is 1.71. The molecule has 0 unspecified atom stereocenters. The van der Waals surface area contributed by atoms with Crippen LogP contribution in [0, 0.1) is 0 Å². The number of nitrogens with zero attached hydrogens (tertiary/aromatic N) is 4. The number of H-pyrrole nitrogens is 1. The summed E-state index contributed by atoms with van der Waals surface area (Å²) in [5.41, 5.74) is 6.56. The Hall–Kier alpha value is -2.75. The first-order valence-corrected chi connectivity index (χ1v) is 6.17. The van der Waals surface area contributed by atoms with Gasteiger partial charge in [-0.1, -0.05) is 5.21 Å². The maximum absolute atomic E-state index is 11.8. The number of hydrogen-bond acceptors (Lipinski definition) is 6. The molecule has 0 spiro atoms. The van der Waals surface area contributed by atoms with Gasteiger partial charge in [-0.2, -0.15) is 0 Å². The number of aromatic amines is 1. The highest BCUT2D eigenvalue weighted by atomic mass is 16.4. The third-order valence-corrected chi connectivity index (χ3v) is 2.71. The third-order valence-electron chi connectivity index (χ3n) is 2.71. The number of carboxylic acid groups (broad SMARTS) is 1. The lowest BCUT2D eigenvalue weighted by molar-refractivity contribution is -0.141. The largest absolute Gasteiger partial charge is 0.480 e. The molecule has 5 N–H and O–H groups in total. The second-order valence-electron chi connectivity index (χ2n) is 4.35. The standard InChI is InChI=1S/C11H15N7O3/c12-2-8-4-18(17-16-8)5-10(19)15-9(11(20)21)1-7-3-13-6-14-7/h3-4,6,9H,1-2,5,12H2,(H,13,14)(H,15,19)(H,20,21)/t9-/m1/s1. The summed E-state index contributed by atoms with van der Waals surface area (Å²) in [5.74, 6) is -1.60. The Morgan fingerprint density at radius 2 is 2.33 bits per heavy atom. The molecule has 2 rings (SSSR count). The average molecular weight is 293 g/mol. The highest BCUT2D eigenvalue weighted by Crippen LogP contribution is 1.99. The molecule has 0 aliphatic carbocycles. The average Bonchev–Trinajstić information content (AvgIpc) is 3.09. The number of aliphatic carboxylic acids is 1. The monoisotopic (exact) mass is 293 g/mol. The molecule has 2 aromatic heterocycles. The van der Waals surface area contributed by atoms with Crippen molar-refractivity contribution in [1.82, 2.24) is 30.3 Å². The number of carbonyl (C=O) groups excluding carboxylic acids is 1. The minimum atomic E-state index is -1.13. The van der Waals surface area contributed by atoms with E-state index in [9.17, 15) is 9.59 Å². The Labute approximate surface area is 119 Å². The minimum Gasteiger partial charge on any atom is -0.480 e. The summed E-state index contributed by atoms with van der Waals surface area (Å²) in [4.78, 5) is 29.6. The molecule has 0 fully saturated rings. The lowest BCUT2D eigenvalue weighted by Gasteiger charge is -2.13. The molecule has 1 amide bonds. The number of carbonyl (C=O) groups is 2. The molecule has 112 valence electrons. The summed E-state index contributed by atoms with van der Waals surface area (Å²) in [6.07, 6.45) is 4.60. The van der Waals surface area contributed by atoms with Crippen molar-refractivity contribution in [2.24, 2.45) is 5.73 Å². The molecular formula is C11H15N7O3. The summed E-state index contributed by atoms with van der Waals surface area (Å²) < 4.78 is 1.30. The van der Waals surface area contributed by atoms with Gasteiger partial charge >= 0.3 is 5.97 Å². The van der Waals surface area contributed by atoms with Crippen LogP contribution >= 0.6 is 0 Å². The van der Waals surface area contributed by atoms with Crippen LogP contribution < -0.4 is 11.1 Å². The zero-order chi connectivity index (χ0) is 15.2. The first-order valence-electron chi connectivity index (χ1n) is 6.17. The molecule has 21 heavy (non-hydrogen) atoms. The Balaban J connectivity index is 1.93. The Morgan fingerprint density at radius 3 is 2.90 bits per heavy atom. The number of carboxylic acids is 1. The van der Waals surface area contributed by atoms with Gasteiger partial charge < -0.3 is 21.1 Å². The number of amides is 1. The molecule has 0 bridgehead atoms. The van der Waals surface area contributed by atoms with Gasteiger partial charge in [0.2, 0.25) is 5.91 Å². The van der Waals surface area contributed by atoms with E-state index in [0.29, 0.717) is 11.4 Å². The van der Waals surface area contributed by atoms with Crippen LogP contribution in [0.25, 0.3) is 0 Å². The second kappa shape index (κ2) is 6.61. The predicted octanol–water partition coefficient (Wildman–Crippen LogP) is -1.73. The fourth-order valence-corrected chi connectivity index (χ4v) is 1.71. The van der Waals surface area contributed by atoms with Gasteiger partial charge in [-0.05, 0) is 0 Å². The maximum atomic E-state index is 11.8. The Bertz CT molecular complexity index is 607. The van der Waals surface area contributed by atoms with E-state index in [1.54, 1.807) is 0 Å². The van der Waals surface area contributed by atoms with Gasteiger partial charge in [-0.25, -0.2) is 14.5 Å². The topological polar surface area (TPSA) is 152 Å². The van der Waals surface area contributed by atoms with E-state index in [1.807, 2.05) is 0 Å². The van der Waals surface area contributed by atoms with Crippen molar-refractivity contribution in [3.63, 3.8) is 0 Å². The lowest BCUT2D eigenvalue weighted by Crippen LogP contribution is -2.43. The SMILES string of the molecule is NCc1cn(CC(=O)N[C@H](Cc2cnc[nH]2)C(=O)O)nn1. The van der Waals surface area contributed by atoms with Crippen molar-refractivity contribution in [2.75, 3.05) is 0 Å². The number of nitrogens with two attached hydrogens (primary N) is 1. The molecule has 0 aromatic carbocycles. The molecule has 0 radical (unpaired) electrons. The van der Waals surface area contributed by atoms with Crippen molar-refractivity contribution in [2.45, 2.75) is 25.6 Å².